The van der Waals surface area contributed by atoms with Crippen molar-refractivity contribution < 1.29 is 18.7 Å². The Bertz CT molecular complexity index is 924. The second-order valence-corrected chi connectivity index (χ2v) is 7.84. The van der Waals surface area contributed by atoms with Crippen molar-refractivity contribution in [2.24, 2.45) is 0 Å². The summed E-state index contributed by atoms with van der Waals surface area (Å²) in [6.07, 6.45) is 0.644. The van der Waals surface area contributed by atoms with E-state index in [-0.39, 0.29) is 30.3 Å². The molecule has 2 aliphatic rings. The fourth-order valence-electron chi connectivity index (χ4n) is 3.84. The third kappa shape index (κ3) is 4.91. The standard InChI is InChI=1S/C21H27FN6O3/c1-2-7-23-19(29)13-26-8-10-27(11-9-26)21(30)20-17-14-31-18(12-28(17)25-24-20)15-3-5-16(22)6-4-15/h3-6,18H,2,7-14H2,1H3,(H,23,29). The molecule has 0 spiro atoms. The maximum absolute atomic E-state index is 13.2. The Morgan fingerprint density at radius 3 is 2.65 bits per heavy atom. The highest BCUT2D eigenvalue weighted by atomic mass is 19.1. The highest BCUT2D eigenvalue weighted by molar-refractivity contribution is 5.93. The number of halogens is 1. The van der Waals surface area contributed by atoms with Crippen molar-refractivity contribution in [3.05, 3.63) is 47.0 Å². The molecule has 1 saturated heterocycles. The molecule has 3 heterocycles. The van der Waals surface area contributed by atoms with Gasteiger partial charge in [-0.15, -0.1) is 5.10 Å². The lowest BCUT2D eigenvalue weighted by Crippen LogP contribution is -2.51. The molecule has 0 aliphatic carbocycles. The van der Waals surface area contributed by atoms with Crippen LogP contribution in [0.15, 0.2) is 24.3 Å². The van der Waals surface area contributed by atoms with Crippen molar-refractivity contribution in [3.63, 3.8) is 0 Å². The number of hydrogen-bond donors (Lipinski definition) is 1. The van der Waals surface area contributed by atoms with Crippen LogP contribution in [-0.2, 0) is 22.7 Å². The van der Waals surface area contributed by atoms with Gasteiger partial charge in [0.15, 0.2) is 5.69 Å². The maximum atomic E-state index is 13.2. The van der Waals surface area contributed by atoms with Crippen molar-refractivity contribution in [3.8, 4) is 0 Å². The number of nitrogens with zero attached hydrogens (tertiary/aromatic N) is 5. The number of rotatable bonds is 6. The molecular formula is C21H27FN6O3. The van der Waals surface area contributed by atoms with Gasteiger partial charge in [-0.2, -0.15) is 0 Å². The van der Waals surface area contributed by atoms with Crippen molar-refractivity contribution >= 4 is 11.8 Å². The van der Waals surface area contributed by atoms with E-state index in [1.165, 1.54) is 12.1 Å². The van der Waals surface area contributed by atoms with Crippen molar-refractivity contribution in [1.29, 1.82) is 0 Å². The zero-order valence-electron chi connectivity index (χ0n) is 17.6. The number of ether oxygens (including phenoxy) is 1. The zero-order chi connectivity index (χ0) is 21.8. The topological polar surface area (TPSA) is 92.6 Å². The van der Waals surface area contributed by atoms with Gasteiger partial charge in [-0.3, -0.25) is 14.5 Å². The van der Waals surface area contributed by atoms with Crippen LogP contribution >= 0.6 is 0 Å². The van der Waals surface area contributed by atoms with Crippen LogP contribution in [0.4, 0.5) is 4.39 Å². The van der Waals surface area contributed by atoms with Gasteiger partial charge in [0.1, 0.15) is 11.9 Å². The van der Waals surface area contributed by atoms with E-state index in [4.69, 9.17) is 4.74 Å². The van der Waals surface area contributed by atoms with Crippen LogP contribution in [0.2, 0.25) is 0 Å². The van der Waals surface area contributed by atoms with Crippen LogP contribution in [0.25, 0.3) is 0 Å². The maximum Gasteiger partial charge on any atom is 0.276 e. The fourth-order valence-corrected chi connectivity index (χ4v) is 3.84. The summed E-state index contributed by atoms with van der Waals surface area (Å²) in [5.74, 6) is -0.447. The SMILES string of the molecule is CCCNC(=O)CN1CCN(C(=O)c2nnn3c2COC(c2ccc(F)cc2)C3)CC1. The molecule has 9 nitrogen and oxygen atoms in total. The summed E-state index contributed by atoms with van der Waals surface area (Å²) in [5.41, 5.74) is 1.82. The van der Waals surface area contributed by atoms with Crippen LogP contribution in [0.3, 0.4) is 0 Å². The van der Waals surface area contributed by atoms with Crippen LogP contribution in [0.5, 0.6) is 0 Å². The number of nitrogens with one attached hydrogen (secondary N) is 1. The summed E-state index contributed by atoms with van der Waals surface area (Å²) in [6.45, 7) is 6.02. The van der Waals surface area contributed by atoms with Crippen LogP contribution in [-0.4, -0.2) is 75.9 Å². The van der Waals surface area contributed by atoms with Gasteiger partial charge < -0.3 is 15.0 Å². The number of aromatic nitrogens is 3. The number of amides is 2. The minimum atomic E-state index is -0.296. The lowest BCUT2D eigenvalue weighted by Gasteiger charge is -2.34. The molecule has 4 rings (SSSR count). The Kier molecular flexibility index (Phi) is 6.57. The van der Waals surface area contributed by atoms with E-state index in [0.29, 0.717) is 57.2 Å². The second kappa shape index (κ2) is 9.52. The number of carbonyl (C=O) groups is 2. The molecule has 10 heteroatoms. The van der Waals surface area contributed by atoms with Crippen molar-refractivity contribution in [1.82, 2.24) is 30.1 Å². The fraction of sp³-hybridized carbons (Fsp3) is 0.524. The van der Waals surface area contributed by atoms with Gasteiger partial charge in [0.05, 0.1) is 25.4 Å². The lowest BCUT2D eigenvalue weighted by atomic mass is 10.1. The molecule has 1 aromatic carbocycles. The first kappa shape index (κ1) is 21.4. The molecule has 31 heavy (non-hydrogen) atoms. The number of fused-ring (bicyclic) bond motifs is 1. The van der Waals surface area contributed by atoms with Gasteiger partial charge in [0.2, 0.25) is 5.91 Å². The summed E-state index contributed by atoms with van der Waals surface area (Å²) < 4.78 is 20.8. The first-order valence-corrected chi connectivity index (χ1v) is 10.6. The Morgan fingerprint density at radius 2 is 1.94 bits per heavy atom. The van der Waals surface area contributed by atoms with Gasteiger partial charge in [-0.25, -0.2) is 9.07 Å². The van der Waals surface area contributed by atoms with Gasteiger partial charge >= 0.3 is 0 Å². The summed E-state index contributed by atoms with van der Waals surface area (Å²) in [7, 11) is 0. The van der Waals surface area contributed by atoms with Gasteiger partial charge in [0.25, 0.3) is 5.91 Å². The molecule has 2 aliphatic heterocycles. The zero-order valence-corrected chi connectivity index (χ0v) is 17.6. The summed E-state index contributed by atoms with van der Waals surface area (Å²) in [6, 6.07) is 6.18. The molecule has 0 radical (unpaired) electrons. The number of hydrogen-bond acceptors (Lipinski definition) is 6. The van der Waals surface area contributed by atoms with E-state index < -0.39 is 0 Å². The van der Waals surface area contributed by atoms with Crippen LogP contribution in [0, 0.1) is 5.82 Å². The van der Waals surface area contributed by atoms with E-state index in [1.54, 1.807) is 21.7 Å². The minimum absolute atomic E-state index is 0.0156. The molecule has 0 bridgehead atoms. The smallest absolute Gasteiger partial charge is 0.276 e. The summed E-state index contributed by atoms with van der Waals surface area (Å²) >= 11 is 0. The Labute approximate surface area is 180 Å². The molecular weight excluding hydrogens is 403 g/mol. The van der Waals surface area contributed by atoms with Crippen molar-refractivity contribution in [2.45, 2.75) is 32.6 Å². The Morgan fingerprint density at radius 1 is 1.19 bits per heavy atom. The average Bonchev–Trinajstić information content (AvgIpc) is 3.21. The third-order valence-electron chi connectivity index (χ3n) is 5.64. The average molecular weight is 430 g/mol. The highest BCUT2D eigenvalue weighted by Crippen LogP contribution is 2.27. The number of benzene rings is 1. The van der Waals surface area contributed by atoms with Crippen molar-refractivity contribution in [2.75, 3.05) is 39.3 Å². The summed E-state index contributed by atoms with van der Waals surface area (Å²) in [5, 5.41) is 11.1. The number of carbonyl (C=O) groups excluding carboxylic acids is 2. The predicted octanol–water partition coefficient (Wildman–Crippen LogP) is 0.973. The Balaban J connectivity index is 1.34. The Hall–Kier alpha value is -2.85. The van der Waals surface area contributed by atoms with E-state index >= 15 is 0 Å². The van der Waals surface area contributed by atoms with Gasteiger partial charge in [-0.1, -0.05) is 24.3 Å². The molecule has 1 unspecified atom stereocenters. The molecule has 0 saturated carbocycles. The van der Waals surface area contributed by atoms with Crippen LogP contribution < -0.4 is 5.32 Å². The lowest BCUT2D eigenvalue weighted by molar-refractivity contribution is -0.122. The molecule has 1 fully saturated rings. The van der Waals surface area contributed by atoms with E-state index in [2.05, 4.69) is 15.6 Å². The molecule has 2 amide bonds. The predicted molar refractivity (Wildman–Crippen MR) is 110 cm³/mol. The van der Waals surface area contributed by atoms with Gasteiger partial charge in [-0.05, 0) is 24.1 Å². The highest BCUT2D eigenvalue weighted by Gasteiger charge is 2.31. The largest absolute Gasteiger partial charge is 0.365 e. The molecule has 166 valence electrons. The molecule has 2 aromatic rings. The third-order valence-corrected chi connectivity index (χ3v) is 5.64. The first-order chi connectivity index (χ1) is 15.0. The van der Waals surface area contributed by atoms with Crippen LogP contribution in [0.1, 0.15) is 41.2 Å². The van der Waals surface area contributed by atoms with E-state index in [0.717, 1.165) is 12.0 Å². The molecule has 1 aromatic heterocycles. The summed E-state index contributed by atoms with van der Waals surface area (Å²) in [4.78, 5) is 28.7. The number of piperazine rings is 1. The van der Waals surface area contributed by atoms with Gasteiger partial charge in [0, 0.05) is 32.7 Å². The van der Waals surface area contributed by atoms with E-state index in [9.17, 15) is 14.0 Å². The molecule has 1 atom stereocenters. The second-order valence-electron chi connectivity index (χ2n) is 7.84. The minimum Gasteiger partial charge on any atom is -0.365 e. The normalized spacial score (nSPS) is 19.2. The molecule has 1 N–H and O–H groups in total. The first-order valence-electron chi connectivity index (χ1n) is 10.6. The van der Waals surface area contributed by atoms with E-state index in [1.807, 2.05) is 11.8 Å². The monoisotopic (exact) mass is 430 g/mol. The quantitative estimate of drug-likeness (QED) is 0.734.